The number of benzene rings is 1. The topological polar surface area (TPSA) is 58.2 Å². The molecule has 6 heteroatoms. The fourth-order valence-corrected chi connectivity index (χ4v) is 4.97. The summed E-state index contributed by atoms with van der Waals surface area (Å²) in [4.78, 5) is 0.309. The van der Waals surface area contributed by atoms with Crippen molar-refractivity contribution in [3.63, 3.8) is 0 Å². The zero-order valence-electron chi connectivity index (χ0n) is 12.7. The summed E-state index contributed by atoms with van der Waals surface area (Å²) in [5, 5.41) is 3.32. The van der Waals surface area contributed by atoms with Crippen LogP contribution in [0.4, 0.5) is 0 Å². The van der Waals surface area contributed by atoms with E-state index in [-0.39, 0.29) is 5.54 Å². The van der Waals surface area contributed by atoms with Gasteiger partial charge in [-0.25, -0.2) is 13.1 Å². The number of halogens is 1. The van der Waals surface area contributed by atoms with E-state index in [4.69, 9.17) is 0 Å². The summed E-state index contributed by atoms with van der Waals surface area (Å²) in [6.45, 7) is 6.85. The molecule has 2 rings (SSSR count). The highest BCUT2D eigenvalue weighted by Crippen LogP contribution is 2.33. The highest BCUT2D eigenvalue weighted by Gasteiger charge is 2.36. The van der Waals surface area contributed by atoms with Gasteiger partial charge in [-0.05, 0) is 59.8 Å². The molecule has 1 aliphatic carbocycles. The summed E-state index contributed by atoms with van der Waals surface area (Å²) >= 11 is 3.39. The highest BCUT2D eigenvalue weighted by atomic mass is 79.9. The Kier molecular flexibility index (Phi) is 5.13. The van der Waals surface area contributed by atoms with Crippen LogP contribution in [0, 0.1) is 0 Å². The van der Waals surface area contributed by atoms with Crippen molar-refractivity contribution >= 4 is 26.0 Å². The largest absolute Gasteiger partial charge is 0.310 e. The molecule has 1 aromatic carbocycles. The molecule has 0 saturated heterocycles. The van der Waals surface area contributed by atoms with Crippen LogP contribution in [0.3, 0.4) is 0 Å². The van der Waals surface area contributed by atoms with Crippen molar-refractivity contribution in [1.82, 2.24) is 10.0 Å². The van der Waals surface area contributed by atoms with E-state index in [1.807, 2.05) is 19.1 Å². The predicted octanol–water partition coefficient (Wildman–Crippen LogP) is 3.17. The first-order chi connectivity index (χ1) is 9.72. The van der Waals surface area contributed by atoms with Crippen LogP contribution in [0.2, 0.25) is 0 Å². The van der Waals surface area contributed by atoms with Crippen molar-refractivity contribution in [2.24, 2.45) is 0 Å². The molecule has 0 aromatic heterocycles. The lowest BCUT2D eigenvalue weighted by molar-refractivity contribution is 0.248. The lowest BCUT2D eigenvalue weighted by Gasteiger charge is -2.38. The Morgan fingerprint density at radius 3 is 2.48 bits per heavy atom. The molecule has 2 N–H and O–H groups in total. The minimum absolute atomic E-state index is 0.282. The van der Waals surface area contributed by atoms with E-state index in [9.17, 15) is 8.42 Å². The summed E-state index contributed by atoms with van der Waals surface area (Å²) < 4.78 is 28.4. The quantitative estimate of drug-likeness (QED) is 0.803. The van der Waals surface area contributed by atoms with Gasteiger partial charge in [0.2, 0.25) is 10.0 Å². The molecule has 0 amide bonds. The number of nitrogens with one attached hydrogen (secondary N) is 2. The zero-order chi connectivity index (χ0) is 15.7. The summed E-state index contributed by atoms with van der Waals surface area (Å²) in [5.74, 6) is 0. The summed E-state index contributed by atoms with van der Waals surface area (Å²) in [5.41, 5.74) is 0.778. The van der Waals surface area contributed by atoms with Gasteiger partial charge in [0.25, 0.3) is 0 Å². The second-order valence-electron chi connectivity index (χ2n) is 6.32. The fourth-order valence-electron chi connectivity index (χ4n) is 2.38. The van der Waals surface area contributed by atoms with Gasteiger partial charge in [-0.15, -0.1) is 0 Å². The maximum absolute atomic E-state index is 12.5. The molecular formula is C15H23BrN2O2S. The van der Waals surface area contributed by atoms with E-state index in [1.54, 1.807) is 6.07 Å². The third-order valence-corrected chi connectivity index (χ3v) is 6.45. The van der Waals surface area contributed by atoms with Crippen molar-refractivity contribution in [3.8, 4) is 0 Å². The van der Waals surface area contributed by atoms with Crippen LogP contribution in [0.5, 0.6) is 0 Å². The molecule has 0 atom stereocenters. The minimum Gasteiger partial charge on any atom is -0.310 e. The number of hydrogen-bond donors (Lipinski definition) is 2. The first-order valence-corrected chi connectivity index (χ1v) is 9.55. The van der Waals surface area contributed by atoms with Crippen molar-refractivity contribution in [2.75, 3.05) is 0 Å². The van der Waals surface area contributed by atoms with Gasteiger partial charge in [-0.1, -0.05) is 19.9 Å². The van der Waals surface area contributed by atoms with Crippen LogP contribution in [-0.2, 0) is 16.6 Å². The summed E-state index contributed by atoms with van der Waals surface area (Å²) in [6, 6.07) is 5.80. The Balaban J connectivity index is 2.16. The molecule has 118 valence electrons. The van der Waals surface area contributed by atoms with E-state index in [0.717, 1.165) is 31.4 Å². The Hall–Kier alpha value is -0.430. The third-order valence-electron chi connectivity index (χ3n) is 3.84. The maximum Gasteiger partial charge on any atom is 0.242 e. The summed E-state index contributed by atoms with van der Waals surface area (Å²) in [7, 11) is -3.47. The van der Waals surface area contributed by atoms with Crippen LogP contribution in [0.15, 0.2) is 27.6 Å². The predicted molar refractivity (Wildman–Crippen MR) is 88.7 cm³/mol. The van der Waals surface area contributed by atoms with E-state index < -0.39 is 10.0 Å². The van der Waals surface area contributed by atoms with Gasteiger partial charge in [-0.2, -0.15) is 0 Å². The van der Waals surface area contributed by atoms with E-state index >= 15 is 0 Å². The molecule has 1 saturated carbocycles. The molecule has 0 bridgehead atoms. The molecule has 0 aliphatic heterocycles. The van der Waals surface area contributed by atoms with Crippen LogP contribution >= 0.6 is 15.9 Å². The second kappa shape index (κ2) is 6.36. The Labute approximate surface area is 135 Å². The summed E-state index contributed by atoms with van der Waals surface area (Å²) in [6.07, 6.45) is 2.89. The molecule has 1 aliphatic rings. The standard InChI is InChI=1S/C15H23BrN2O2S/c1-11(2)17-10-12-5-6-14(13(16)9-12)21(19,20)18-15(3)7-4-8-15/h5-6,9,11,17-18H,4,7-8,10H2,1-3H3. The molecule has 0 unspecified atom stereocenters. The van der Waals surface area contributed by atoms with Gasteiger partial charge in [-0.3, -0.25) is 0 Å². The average Bonchev–Trinajstić information content (AvgIpc) is 2.33. The van der Waals surface area contributed by atoms with Crippen LogP contribution in [-0.4, -0.2) is 20.0 Å². The molecule has 1 aromatic rings. The monoisotopic (exact) mass is 374 g/mol. The molecule has 0 spiro atoms. The first-order valence-electron chi connectivity index (χ1n) is 7.28. The van der Waals surface area contributed by atoms with Crippen LogP contribution in [0.1, 0.15) is 45.6 Å². The Bertz CT molecular complexity index is 610. The van der Waals surface area contributed by atoms with Crippen molar-refractivity contribution < 1.29 is 8.42 Å². The number of rotatable bonds is 6. The van der Waals surface area contributed by atoms with Crippen molar-refractivity contribution in [2.45, 2.75) is 63.1 Å². The SMILES string of the molecule is CC(C)NCc1ccc(S(=O)(=O)NC2(C)CCC2)c(Br)c1. The smallest absolute Gasteiger partial charge is 0.242 e. The maximum atomic E-state index is 12.5. The van der Waals surface area contributed by atoms with Gasteiger partial charge in [0.15, 0.2) is 0 Å². The van der Waals surface area contributed by atoms with Crippen LogP contribution in [0.25, 0.3) is 0 Å². The first kappa shape index (κ1) is 16.9. The molecule has 0 heterocycles. The fraction of sp³-hybridized carbons (Fsp3) is 0.600. The van der Waals surface area contributed by atoms with Crippen LogP contribution < -0.4 is 10.0 Å². The van der Waals surface area contributed by atoms with Crippen molar-refractivity contribution in [3.05, 3.63) is 28.2 Å². The number of hydrogen-bond acceptors (Lipinski definition) is 3. The second-order valence-corrected chi connectivity index (χ2v) is 8.83. The van der Waals surface area contributed by atoms with Crippen molar-refractivity contribution in [1.29, 1.82) is 0 Å². The molecule has 0 radical (unpaired) electrons. The molecule has 21 heavy (non-hydrogen) atoms. The van der Waals surface area contributed by atoms with Gasteiger partial charge < -0.3 is 5.32 Å². The van der Waals surface area contributed by atoms with Gasteiger partial charge in [0, 0.05) is 22.6 Å². The Morgan fingerprint density at radius 1 is 1.33 bits per heavy atom. The van der Waals surface area contributed by atoms with E-state index in [1.165, 1.54) is 0 Å². The third kappa shape index (κ3) is 4.28. The lowest BCUT2D eigenvalue weighted by atomic mass is 9.80. The van der Waals surface area contributed by atoms with Gasteiger partial charge in [0.05, 0.1) is 4.90 Å². The Morgan fingerprint density at radius 2 is 2.00 bits per heavy atom. The van der Waals surface area contributed by atoms with Gasteiger partial charge >= 0.3 is 0 Å². The molecule has 1 fully saturated rings. The van der Waals surface area contributed by atoms with E-state index in [2.05, 4.69) is 39.8 Å². The lowest BCUT2D eigenvalue weighted by Crippen LogP contribution is -2.50. The van der Waals surface area contributed by atoms with E-state index in [0.29, 0.717) is 15.4 Å². The number of sulfonamides is 1. The molecular weight excluding hydrogens is 352 g/mol. The minimum atomic E-state index is -3.47. The van der Waals surface area contributed by atoms with Gasteiger partial charge in [0.1, 0.15) is 0 Å². The normalized spacial score (nSPS) is 17.8. The average molecular weight is 375 g/mol. The highest BCUT2D eigenvalue weighted by molar-refractivity contribution is 9.10. The zero-order valence-corrected chi connectivity index (χ0v) is 15.1. The molecule has 4 nitrogen and oxygen atoms in total.